The van der Waals surface area contributed by atoms with Crippen LogP contribution in [0.4, 0.5) is 8.78 Å². The van der Waals surface area contributed by atoms with Gasteiger partial charge in [-0.05, 0) is 18.8 Å². The average molecular weight is 316 g/mol. The first kappa shape index (κ1) is 16.8. The van der Waals surface area contributed by atoms with Crippen LogP contribution in [0.3, 0.4) is 0 Å². The monoisotopic (exact) mass is 316 g/mol. The van der Waals surface area contributed by atoms with Gasteiger partial charge in [-0.2, -0.15) is 0 Å². The summed E-state index contributed by atoms with van der Waals surface area (Å²) in [5.74, 6) is -3.42. The second-order valence-electron chi connectivity index (χ2n) is 6.37. The molecule has 124 valence electrons. The Hall–Kier alpha value is -1.53. The van der Waals surface area contributed by atoms with Crippen LogP contribution >= 0.6 is 0 Å². The summed E-state index contributed by atoms with van der Waals surface area (Å²) >= 11 is 0. The number of hydrogen-bond acceptors (Lipinski definition) is 3. The Labute approximate surface area is 128 Å². The first-order chi connectivity index (χ1) is 10.4. The lowest BCUT2D eigenvalue weighted by atomic mass is 9.80. The number of rotatable bonds is 8. The van der Waals surface area contributed by atoms with E-state index in [2.05, 4.69) is 10.6 Å². The van der Waals surface area contributed by atoms with Crippen molar-refractivity contribution < 1.29 is 23.2 Å². The molecule has 1 saturated heterocycles. The molecule has 1 saturated carbocycles. The van der Waals surface area contributed by atoms with E-state index in [4.69, 9.17) is 0 Å². The molecule has 5 nitrogen and oxygen atoms in total. The van der Waals surface area contributed by atoms with E-state index in [0.717, 1.165) is 19.3 Å². The fourth-order valence-corrected chi connectivity index (χ4v) is 2.99. The van der Waals surface area contributed by atoms with E-state index in [1.165, 1.54) is 0 Å². The predicted octanol–water partition coefficient (Wildman–Crippen LogP) is 1.41. The predicted molar refractivity (Wildman–Crippen MR) is 75.3 cm³/mol. The Morgan fingerprint density at radius 3 is 2.68 bits per heavy atom. The van der Waals surface area contributed by atoms with Crippen molar-refractivity contribution in [1.82, 2.24) is 10.6 Å². The van der Waals surface area contributed by atoms with E-state index in [-0.39, 0.29) is 5.91 Å². The SMILES string of the molecule is O=C[C@H](CCCC[C@H]1CNC(=O)C1)NC(=O)C1CC(F)(F)C1. The highest BCUT2D eigenvalue weighted by Crippen LogP contribution is 2.42. The standard InChI is InChI=1S/C15H22F2N2O3/c16-15(17)6-11(7-15)14(22)19-12(9-20)4-2-1-3-10-5-13(21)18-8-10/h9-12H,1-8H2,(H,18,21)(H,19,22)/t10-,12+/m1/s1. The maximum Gasteiger partial charge on any atom is 0.249 e. The summed E-state index contributed by atoms with van der Waals surface area (Å²) in [5.41, 5.74) is 0. The number of carbonyl (C=O) groups is 3. The number of nitrogens with one attached hydrogen (secondary N) is 2. The van der Waals surface area contributed by atoms with E-state index < -0.39 is 36.6 Å². The fraction of sp³-hybridized carbons (Fsp3) is 0.800. The number of amides is 2. The molecule has 0 bridgehead atoms. The molecule has 0 aromatic rings. The van der Waals surface area contributed by atoms with Crippen LogP contribution < -0.4 is 10.6 Å². The molecule has 0 radical (unpaired) electrons. The van der Waals surface area contributed by atoms with Gasteiger partial charge in [-0.15, -0.1) is 0 Å². The van der Waals surface area contributed by atoms with E-state index in [0.29, 0.717) is 31.6 Å². The molecule has 2 fully saturated rings. The molecule has 2 aliphatic rings. The zero-order valence-corrected chi connectivity index (χ0v) is 12.4. The lowest BCUT2D eigenvalue weighted by molar-refractivity contribution is -0.151. The summed E-state index contributed by atoms with van der Waals surface area (Å²) in [6, 6.07) is -0.606. The van der Waals surface area contributed by atoms with Gasteiger partial charge in [-0.3, -0.25) is 9.59 Å². The van der Waals surface area contributed by atoms with Gasteiger partial charge in [0.15, 0.2) is 0 Å². The molecule has 0 aromatic carbocycles. The van der Waals surface area contributed by atoms with Crippen molar-refractivity contribution in [2.75, 3.05) is 6.54 Å². The quantitative estimate of drug-likeness (QED) is 0.525. The number of alkyl halides is 2. The number of hydrogen-bond donors (Lipinski definition) is 2. The molecule has 1 heterocycles. The molecule has 2 rings (SSSR count). The summed E-state index contributed by atoms with van der Waals surface area (Å²) < 4.78 is 25.4. The first-order valence-electron chi connectivity index (χ1n) is 7.80. The fourth-order valence-electron chi connectivity index (χ4n) is 2.99. The van der Waals surface area contributed by atoms with E-state index >= 15 is 0 Å². The van der Waals surface area contributed by atoms with Gasteiger partial charge >= 0.3 is 0 Å². The minimum absolute atomic E-state index is 0.0836. The second kappa shape index (κ2) is 7.15. The van der Waals surface area contributed by atoms with E-state index in [1.807, 2.05) is 0 Å². The Morgan fingerprint density at radius 2 is 2.14 bits per heavy atom. The van der Waals surface area contributed by atoms with Gasteiger partial charge in [0.25, 0.3) is 0 Å². The third-order valence-electron chi connectivity index (χ3n) is 4.39. The van der Waals surface area contributed by atoms with Crippen LogP contribution in [0.2, 0.25) is 0 Å². The zero-order chi connectivity index (χ0) is 16.2. The van der Waals surface area contributed by atoms with Gasteiger partial charge in [-0.25, -0.2) is 8.78 Å². The third-order valence-corrected chi connectivity index (χ3v) is 4.39. The molecule has 7 heteroatoms. The van der Waals surface area contributed by atoms with Crippen LogP contribution in [0.25, 0.3) is 0 Å². The maximum absolute atomic E-state index is 12.7. The third kappa shape index (κ3) is 4.74. The minimum atomic E-state index is -2.73. The van der Waals surface area contributed by atoms with Crippen LogP contribution in [0.1, 0.15) is 44.9 Å². The number of aldehydes is 1. The maximum atomic E-state index is 12.7. The molecule has 0 aromatic heterocycles. The van der Waals surface area contributed by atoms with Crippen LogP contribution in [-0.2, 0) is 14.4 Å². The molecule has 1 aliphatic carbocycles. The second-order valence-corrected chi connectivity index (χ2v) is 6.37. The van der Waals surface area contributed by atoms with Crippen LogP contribution in [0.5, 0.6) is 0 Å². The molecule has 2 atom stereocenters. The highest BCUT2D eigenvalue weighted by Gasteiger charge is 2.48. The van der Waals surface area contributed by atoms with Gasteiger partial charge in [0.1, 0.15) is 6.29 Å². The summed E-state index contributed by atoms with van der Waals surface area (Å²) in [7, 11) is 0. The van der Waals surface area contributed by atoms with Gasteiger partial charge in [0, 0.05) is 31.7 Å². The zero-order valence-electron chi connectivity index (χ0n) is 12.4. The highest BCUT2D eigenvalue weighted by molar-refractivity contribution is 5.82. The van der Waals surface area contributed by atoms with Crippen molar-refractivity contribution in [2.24, 2.45) is 11.8 Å². The van der Waals surface area contributed by atoms with E-state index in [9.17, 15) is 23.2 Å². The Morgan fingerprint density at radius 1 is 1.41 bits per heavy atom. The lowest BCUT2D eigenvalue weighted by Crippen LogP contribution is -2.48. The van der Waals surface area contributed by atoms with Gasteiger partial charge in [-0.1, -0.05) is 12.8 Å². The van der Waals surface area contributed by atoms with Crippen molar-refractivity contribution in [2.45, 2.75) is 56.9 Å². The van der Waals surface area contributed by atoms with Crippen LogP contribution in [0, 0.1) is 11.8 Å². The lowest BCUT2D eigenvalue weighted by Gasteiger charge is -2.34. The summed E-state index contributed by atoms with van der Waals surface area (Å²) in [6.45, 7) is 0.711. The van der Waals surface area contributed by atoms with Gasteiger partial charge < -0.3 is 15.4 Å². The van der Waals surface area contributed by atoms with Gasteiger partial charge in [0.2, 0.25) is 17.7 Å². The van der Waals surface area contributed by atoms with Crippen molar-refractivity contribution in [3.05, 3.63) is 0 Å². The van der Waals surface area contributed by atoms with Crippen LogP contribution in [-0.4, -0.2) is 36.6 Å². The van der Waals surface area contributed by atoms with Crippen molar-refractivity contribution in [1.29, 1.82) is 0 Å². The van der Waals surface area contributed by atoms with Crippen molar-refractivity contribution in [3.8, 4) is 0 Å². The minimum Gasteiger partial charge on any atom is -0.356 e. The molecule has 2 N–H and O–H groups in total. The van der Waals surface area contributed by atoms with Gasteiger partial charge in [0.05, 0.1) is 6.04 Å². The Balaban J connectivity index is 1.59. The normalized spacial score (nSPS) is 25.2. The molecular weight excluding hydrogens is 294 g/mol. The molecule has 0 spiro atoms. The van der Waals surface area contributed by atoms with E-state index in [1.54, 1.807) is 0 Å². The molecule has 0 unspecified atom stereocenters. The van der Waals surface area contributed by atoms with Crippen molar-refractivity contribution in [3.63, 3.8) is 0 Å². The van der Waals surface area contributed by atoms with Crippen molar-refractivity contribution >= 4 is 18.1 Å². The highest BCUT2D eigenvalue weighted by atomic mass is 19.3. The molecule has 22 heavy (non-hydrogen) atoms. The topological polar surface area (TPSA) is 75.3 Å². The molecule has 1 aliphatic heterocycles. The summed E-state index contributed by atoms with van der Waals surface area (Å²) in [6.07, 6.45) is 3.43. The average Bonchev–Trinajstić information content (AvgIpc) is 2.84. The largest absolute Gasteiger partial charge is 0.356 e. The Kier molecular flexibility index (Phi) is 5.47. The molecular formula is C15H22F2N2O3. The smallest absolute Gasteiger partial charge is 0.249 e. The number of halogens is 2. The van der Waals surface area contributed by atoms with Crippen LogP contribution in [0.15, 0.2) is 0 Å². The summed E-state index contributed by atoms with van der Waals surface area (Å²) in [4.78, 5) is 33.7. The Bertz CT molecular complexity index is 435. The first-order valence-corrected chi connectivity index (χ1v) is 7.80. The number of unbranched alkanes of at least 4 members (excludes halogenated alkanes) is 1. The molecule has 2 amide bonds. The number of carbonyl (C=O) groups excluding carboxylic acids is 3. The summed E-state index contributed by atoms with van der Waals surface area (Å²) in [5, 5.41) is 5.31.